The molecule has 0 radical (unpaired) electrons. The van der Waals surface area contributed by atoms with Gasteiger partial charge >= 0.3 is 0 Å². The van der Waals surface area contributed by atoms with Crippen molar-refractivity contribution in [2.75, 3.05) is 7.11 Å². The van der Waals surface area contributed by atoms with Gasteiger partial charge in [-0.3, -0.25) is 4.79 Å². The average molecular weight is 360 g/mol. The molecule has 2 saturated heterocycles. The molecule has 4 rings (SSSR count). The number of hydrogen-bond donors (Lipinski definition) is 1. The summed E-state index contributed by atoms with van der Waals surface area (Å²) >= 11 is 1.70. The van der Waals surface area contributed by atoms with Crippen LogP contribution in [0.2, 0.25) is 0 Å². The number of β-lactam (4-membered cyclic amide) rings is 1. The fraction of sp³-hybridized carbons (Fsp3) is 0.500. The number of benzene rings is 1. The highest BCUT2D eigenvalue weighted by Crippen LogP contribution is 2.56. The minimum absolute atomic E-state index is 0.0103. The Hall–Kier alpha value is -2.13. The minimum Gasteiger partial charge on any atom is -0.496 e. The molecule has 25 heavy (non-hydrogen) atoms. The third kappa shape index (κ3) is 2.41. The Morgan fingerprint density at radius 2 is 2.12 bits per heavy atom. The highest BCUT2D eigenvalue weighted by molar-refractivity contribution is 8.01. The predicted octanol–water partition coefficient (Wildman–Crippen LogP) is 0.792. The number of tetrazole rings is 1. The van der Waals surface area contributed by atoms with Crippen LogP contribution < -0.4 is 10.5 Å². The number of ether oxygens (including phenoxy) is 1. The number of hydrogen-bond acceptors (Lipinski definition) is 7. The number of fused-ring (bicyclic) bond motifs is 1. The number of thioether (sulfide) groups is 1. The Bertz CT molecular complexity index is 822. The lowest BCUT2D eigenvalue weighted by molar-refractivity contribution is -0.147. The highest BCUT2D eigenvalue weighted by Gasteiger charge is 2.62. The maximum atomic E-state index is 12.3. The summed E-state index contributed by atoms with van der Waals surface area (Å²) in [5.74, 6) is 1.41. The molecule has 2 fully saturated rings. The summed E-state index contributed by atoms with van der Waals surface area (Å²) in [5.41, 5.74) is 6.93. The summed E-state index contributed by atoms with van der Waals surface area (Å²) in [4.78, 5) is 14.1. The average Bonchev–Trinajstić information content (AvgIpc) is 3.14. The lowest BCUT2D eigenvalue weighted by atomic mass is 9.95. The monoisotopic (exact) mass is 360 g/mol. The largest absolute Gasteiger partial charge is 0.496 e. The smallest absolute Gasteiger partial charge is 0.244 e. The van der Waals surface area contributed by atoms with Crippen molar-refractivity contribution in [1.82, 2.24) is 25.1 Å². The van der Waals surface area contributed by atoms with E-state index in [0.717, 1.165) is 11.3 Å². The molecule has 2 aliphatic rings. The molecule has 0 aliphatic carbocycles. The molecule has 2 unspecified atom stereocenters. The van der Waals surface area contributed by atoms with Gasteiger partial charge in [-0.2, -0.15) is 0 Å². The van der Waals surface area contributed by atoms with Crippen LogP contribution in [-0.2, 0) is 11.3 Å². The van der Waals surface area contributed by atoms with Crippen molar-refractivity contribution in [2.45, 2.75) is 42.6 Å². The van der Waals surface area contributed by atoms with Crippen molar-refractivity contribution >= 4 is 17.7 Å². The highest BCUT2D eigenvalue weighted by atomic mass is 32.2. The molecule has 1 aromatic carbocycles. The second-order valence-electron chi connectivity index (χ2n) is 6.79. The van der Waals surface area contributed by atoms with Crippen LogP contribution in [0.15, 0.2) is 24.3 Å². The van der Waals surface area contributed by atoms with Crippen molar-refractivity contribution in [2.24, 2.45) is 5.73 Å². The van der Waals surface area contributed by atoms with Crippen molar-refractivity contribution in [3.05, 3.63) is 35.7 Å². The van der Waals surface area contributed by atoms with E-state index in [4.69, 9.17) is 10.5 Å². The summed E-state index contributed by atoms with van der Waals surface area (Å²) in [7, 11) is 1.64. The summed E-state index contributed by atoms with van der Waals surface area (Å²) in [6.07, 6.45) is 0. The van der Waals surface area contributed by atoms with Crippen molar-refractivity contribution in [3.8, 4) is 5.75 Å². The zero-order chi connectivity index (χ0) is 17.8. The van der Waals surface area contributed by atoms with Crippen LogP contribution in [0.1, 0.15) is 31.3 Å². The lowest BCUT2D eigenvalue weighted by Crippen LogP contribution is -2.65. The normalized spacial score (nSPS) is 27.1. The third-order valence-corrected chi connectivity index (χ3v) is 6.39. The van der Waals surface area contributed by atoms with Gasteiger partial charge in [0, 0.05) is 10.3 Å². The van der Waals surface area contributed by atoms with E-state index in [1.165, 1.54) is 0 Å². The van der Waals surface area contributed by atoms with Crippen LogP contribution in [0.4, 0.5) is 0 Å². The Balaban J connectivity index is 1.69. The maximum absolute atomic E-state index is 12.3. The van der Waals surface area contributed by atoms with Gasteiger partial charge in [0.2, 0.25) is 5.91 Å². The number of para-hydroxylation sites is 1. The molecular formula is C16H20N6O2S. The van der Waals surface area contributed by atoms with E-state index in [0.29, 0.717) is 12.4 Å². The Morgan fingerprint density at radius 3 is 2.88 bits per heavy atom. The molecule has 0 spiro atoms. The molecule has 2 aliphatic heterocycles. The SMILES string of the molecule is COc1ccccc1Cn1nnnc1C1N2C(=O)C(N)[C@@H]2SC1(C)C. The summed E-state index contributed by atoms with van der Waals surface area (Å²) in [5, 5.41) is 12.2. The van der Waals surface area contributed by atoms with E-state index < -0.39 is 6.04 Å². The van der Waals surface area contributed by atoms with E-state index in [-0.39, 0.29) is 22.1 Å². The quantitative estimate of drug-likeness (QED) is 0.805. The van der Waals surface area contributed by atoms with E-state index >= 15 is 0 Å². The molecule has 2 aromatic rings. The molecule has 0 saturated carbocycles. The first-order valence-corrected chi connectivity index (χ1v) is 8.95. The van der Waals surface area contributed by atoms with Gasteiger partial charge in [0.25, 0.3) is 0 Å². The number of nitrogens with two attached hydrogens (primary N) is 1. The Kier molecular flexibility index (Phi) is 3.73. The summed E-state index contributed by atoms with van der Waals surface area (Å²) < 4.78 is 6.93. The molecule has 2 N–H and O–H groups in total. The molecule has 3 atom stereocenters. The van der Waals surface area contributed by atoms with Gasteiger partial charge < -0.3 is 15.4 Å². The van der Waals surface area contributed by atoms with Gasteiger partial charge in [0.15, 0.2) is 5.82 Å². The first kappa shape index (κ1) is 16.3. The van der Waals surface area contributed by atoms with Gasteiger partial charge in [-0.25, -0.2) is 4.68 Å². The van der Waals surface area contributed by atoms with Crippen LogP contribution in [-0.4, -0.2) is 54.3 Å². The second kappa shape index (κ2) is 5.70. The van der Waals surface area contributed by atoms with Crippen LogP contribution in [0.3, 0.4) is 0 Å². The van der Waals surface area contributed by atoms with E-state index in [1.54, 1.807) is 23.6 Å². The number of carbonyl (C=O) groups excluding carboxylic acids is 1. The van der Waals surface area contributed by atoms with Gasteiger partial charge in [-0.05, 0) is 30.3 Å². The summed E-state index contributed by atoms with van der Waals surface area (Å²) in [6.45, 7) is 4.67. The zero-order valence-corrected chi connectivity index (χ0v) is 15.1. The third-order valence-electron chi connectivity index (χ3n) is 4.80. The number of nitrogens with zero attached hydrogens (tertiary/aromatic N) is 5. The first-order chi connectivity index (χ1) is 11.9. The van der Waals surface area contributed by atoms with Gasteiger partial charge in [0.05, 0.1) is 13.7 Å². The van der Waals surface area contributed by atoms with Crippen LogP contribution in [0.5, 0.6) is 5.75 Å². The number of amides is 1. The molecule has 8 nitrogen and oxygen atoms in total. The molecule has 0 bridgehead atoms. The van der Waals surface area contributed by atoms with Gasteiger partial charge in [-0.1, -0.05) is 18.2 Å². The first-order valence-electron chi connectivity index (χ1n) is 8.07. The number of aromatic nitrogens is 4. The second-order valence-corrected chi connectivity index (χ2v) is 8.56. The number of rotatable bonds is 4. The van der Waals surface area contributed by atoms with Gasteiger partial charge in [-0.15, -0.1) is 16.9 Å². The lowest BCUT2D eigenvalue weighted by Gasteiger charge is -2.42. The number of carbonyl (C=O) groups is 1. The van der Waals surface area contributed by atoms with E-state index in [1.807, 2.05) is 29.2 Å². The molecule has 3 heterocycles. The number of methoxy groups -OCH3 is 1. The fourth-order valence-electron chi connectivity index (χ4n) is 3.58. The molecule has 1 amide bonds. The van der Waals surface area contributed by atoms with Crippen molar-refractivity contribution < 1.29 is 9.53 Å². The summed E-state index contributed by atoms with van der Waals surface area (Å²) in [6, 6.07) is 7.11. The predicted molar refractivity (Wildman–Crippen MR) is 92.9 cm³/mol. The van der Waals surface area contributed by atoms with E-state index in [9.17, 15) is 4.79 Å². The molecule has 9 heteroatoms. The molecular weight excluding hydrogens is 340 g/mol. The maximum Gasteiger partial charge on any atom is 0.244 e. The Labute approximate surface area is 149 Å². The van der Waals surface area contributed by atoms with E-state index in [2.05, 4.69) is 29.4 Å². The zero-order valence-electron chi connectivity index (χ0n) is 14.3. The van der Waals surface area contributed by atoms with Gasteiger partial charge in [0.1, 0.15) is 23.2 Å². The standard InChI is InChI=1S/C16H20N6O2S/c1-16(2)12(22-14(23)11(17)15(22)25-16)13-18-19-20-21(13)8-9-6-4-5-7-10(9)24-3/h4-7,11-12,15H,8,17H2,1-3H3/t11?,12?,15-/m0/s1. The van der Waals surface area contributed by atoms with Crippen molar-refractivity contribution in [1.29, 1.82) is 0 Å². The van der Waals surface area contributed by atoms with Crippen molar-refractivity contribution in [3.63, 3.8) is 0 Å². The Morgan fingerprint density at radius 1 is 1.36 bits per heavy atom. The van der Waals surface area contributed by atoms with Crippen LogP contribution in [0.25, 0.3) is 0 Å². The molecule has 132 valence electrons. The minimum atomic E-state index is -0.437. The topological polar surface area (TPSA) is 99.2 Å². The fourth-order valence-corrected chi connectivity index (χ4v) is 5.15. The molecule has 1 aromatic heterocycles. The van der Waals surface area contributed by atoms with Crippen LogP contribution in [0, 0.1) is 0 Å². The van der Waals surface area contributed by atoms with Crippen LogP contribution >= 0.6 is 11.8 Å².